The van der Waals surface area contributed by atoms with Crippen molar-refractivity contribution in [2.24, 2.45) is 5.92 Å². The molecule has 3 aromatic rings. The first kappa shape index (κ1) is 23.8. The Bertz CT molecular complexity index is 1390. The standard InChI is InChI=1S/C23H22ClN5O4/c1-5-14-9-15(29-23(32)27-22(31)19(11-25)28-29)10-17(24)20(14)33-16-6-7-18(13(4)8-16)26-21(30)12(2)3/h6-10,12H,5H2,1-4H3,(H,26,30)(H,27,31,32). The molecule has 9 nitrogen and oxygen atoms in total. The van der Waals surface area contributed by atoms with E-state index in [2.05, 4.69) is 15.4 Å². The monoisotopic (exact) mass is 467 g/mol. The van der Waals surface area contributed by atoms with Gasteiger partial charge in [-0.1, -0.05) is 32.4 Å². The van der Waals surface area contributed by atoms with E-state index in [9.17, 15) is 14.4 Å². The zero-order valence-electron chi connectivity index (χ0n) is 18.5. The van der Waals surface area contributed by atoms with Crippen molar-refractivity contribution < 1.29 is 9.53 Å². The van der Waals surface area contributed by atoms with Gasteiger partial charge in [-0.2, -0.15) is 9.94 Å². The Kier molecular flexibility index (Phi) is 6.99. The SMILES string of the molecule is CCc1cc(-n2nc(C#N)c(=O)[nH]c2=O)cc(Cl)c1Oc1ccc(NC(=O)C(C)C)c(C)c1. The number of halogens is 1. The number of aromatic amines is 1. The van der Waals surface area contributed by atoms with Gasteiger partial charge in [0.05, 0.1) is 10.7 Å². The fraction of sp³-hybridized carbons (Fsp3) is 0.261. The number of nitrogens with zero attached hydrogens (tertiary/aromatic N) is 3. The lowest BCUT2D eigenvalue weighted by Gasteiger charge is -2.16. The predicted molar refractivity (Wildman–Crippen MR) is 124 cm³/mol. The van der Waals surface area contributed by atoms with E-state index in [1.165, 1.54) is 6.07 Å². The van der Waals surface area contributed by atoms with E-state index >= 15 is 0 Å². The van der Waals surface area contributed by atoms with Crippen molar-refractivity contribution >= 4 is 23.2 Å². The minimum atomic E-state index is -0.857. The minimum Gasteiger partial charge on any atom is -0.456 e. The Morgan fingerprint density at radius 3 is 2.64 bits per heavy atom. The van der Waals surface area contributed by atoms with Crippen LogP contribution >= 0.6 is 11.6 Å². The molecule has 0 aliphatic carbocycles. The van der Waals surface area contributed by atoms with Crippen molar-refractivity contribution in [3.63, 3.8) is 0 Å². The molecule has 0 fully saturated rings. The largest absolute Gasteiger partial charge is 0.456 e. The molecule has 170 valence electrons. The van der Waals surface area contributed by atoms with Crippen LogP contribution in [0.5, 0.6) is 11.5 Å². The number of hydrogen-bond donors (Lipinski definition) is 2. The molecule has 0 unspecified atom stereocenters. The smallest absolute Gasteiger partial charge is 0.349 e. The van der Waals surface area contributed by atoms with Crippen LogP contribution in [0.15, 0.2) is 39.9 Å². The number of ether oxygens (including phenoxy) is 1. The molecule has 0 aliphatic heterocycles. The van der Waals surface area contributed by atoms with E-state index in [0.29, 0.717) is 29.2 Å². The fourth-order valence-corrected chi connectivity index (χ4v) is 3.29. The van der Waals surface area contributed by atoms with Crippen molar-refractivity contribution in [2.75, 3.05) is 5.32 Å². The summed E-state index contributed by atoms with van der Waals surface area (Å²) in [5.74, 6) is 0.701. The van der Waals surface area contributed by atoms with E-state index < -0.39 is 16.9 Å². The zero-order chi connectivity index (χ0) is 24.3. The molecule has 2 N–H and O–H groups in total. The number of nitriles is 1. The number of nitrogens with one attached hydrogen (secondary N) is 2. The van der Waals surface area contributed by atoms with Gasteiger partial charge in [-0.3, -0.25) is 14.6 Å². The first-order valence-corrected chi connectivity index (χ1v) is 10.6. The molecule has 3 rings (SSSR count). The zero-order valence-corrected chi connectivity index (χ0v) is 19.3. The maximum absolute atomic E-state index is 12.2. The Labute approximate surface area is 194 Å². The first-order chi connectivity index (χ1) is 15.6. The maximum Gasteiger partial charge on any atom is 0.349 e. The lowest BCUT2D eigenvalue weighted by atomic mass is 10.1. The molecule has 0 aliphatic rings. The maximum atomic E-state index is 12.2. The average molecular weight is 468 g/mol. The van der Waals surface area contributed by atoms with E-state index in [-0.39, 0.29) is 22.5 Å². The van der Waals surface area contributed by atoms with Gasteiger partial charge < -0.3 is 10.1 Å². The molecule has 1 aromatic heterocycles. The summed E-state index contributed by atoms with van der Waals surface area (Å²) >= 11 is 6.48. The Morgan fingerprint density at radius 1 is 1.30 bits per heavy atom. The van der Waals surface area contributed by atoms with Crippen LogP contribution in [0.25, 0.3) is 5.69 Å². The van der Waals surface area contributed by atoms with Gasteiger partial charge in [-0.25, -0.2) is 4.79 Å². The third-order valence-electron chi connectivity index (χ3n) is 4.86. The van der Waals surface area contributed by atoms with Crippen molar-refractivity contribution in [3.8, 4) is 23.3 Å². The van der Waals surface area contributed by atoms with Crippen molar-refractivity contribution in [3.05, 3.63) is 73.0 Å². The van der Waals surface area contributed by atoms with E-state index in [1.54, 1.807) is 30.3 Å². The lowest BCUT2D eigenvalue weighted by Crippen LogP contribution is -2.33. The minimum absolute atomic E-state index is 0.0793. The third-order valence-corrected chi connectivity index (χ3v) is 5.15. The van der Waals surface area contributed by atoms with Gasteiger partial charge in [0.15, 0.2) is 0 Å². The number of aryl methyl sites for hydroxylation is 2. The summed E-state index contributed by atoms with van der Waals surface area (Å²) in [5.41, 5.74) is 0.388. The number of carbonyl (C=O) groups excluding carboxylic acids is 1. The summed E-state index contributed by atoms with van der Waals surface area (Å²) in [6.45, 7) is 7.38. The molecule has 0 spiro atoms. The second-order valence-corrected chi connectivity index (χ2v) is 8.03. The fourth-order valence-electron chi connectivity index (χ4n) is 3.02. The molecule has 10 heteroatoms. The van der Waals surface area contributed by atoms with E-state index in [4.69, 9.17) is 21.6 Å². The molecule has 0 radical (unpaired) electrons. The number of benzene rings is 2. The molecule has 0 saturated heterocycles. The third kappa shape index (κ3) is 5.13. The lowest BCUT2D eigenvalue weighted by molar-refractivity contribution is -0.118. The van der Waals surface area contributed by atoms with Crippen LogP contribution in [0.1, 0.15) is 37.6 Å². The number of anilines is 1. The normalized spacial score (nSPS) is 10.7. The van der Waals surface area contributed by atoms with Crippen LogP contribution in [-0.4, -0.2) is 20.7 Å². The molecule has 0 bridgehead atoms. The Morgan fingerprint density at radius 2 is 2.03 bits per heavy atom. The van der Waals surface area contributed by atoms with E-state index in [1.807, 2.05) is 27.7 Å². The molecule has 0 atom stereocenters. The second-order valence-electron chi connectivity index (χ2n) is 7.62. The summed E-state index contributed by atoms with van der Waals surface area (Å²) in [6.07, 6.45) is 0.521. The number of aromatic nitrogens is 3. The molecule has 1 heterocycles. The van der Waals surface area contributed by atoms with Crippen LogP contribution < -0.4 is 21.3 Å². The topological polar surface area (TPSA) is 130 Å². The molecule has 33 heavy (non-hydrogen) atoms. The Hall–Kier alpha value is -3.90. The van der Waals surface area contributed by atoms with Crippen LogP contribution in [0.2, 0.25) is 5.02 Å². The number of H-pyrrole nitrogens is 1. The molecule has 2 aromatic carbocycles. The molecular formula is C23H22ClN5O4. The van der Waals surface area contributed by atoms with Crippen molar-refractivity contribution in [2.45, 2.75) is 34.1 Å². The van der Waals surface area contributed by atoms with Crippen LogP contribution in [0, 0.1) is 24.2 Å². The van der Waals surface area contributed by atoms with Gasteiger partial charge in [-0.15, -0.1) is 5.10 Å². The Balaban J connectivity index is 1.97. The highest BCUT2D eigenvalue weighted by Crippen LogP contribution is 2.36. The van der Waals surface area contributed by atoms with Gasteiger partial charge in [0.1, 0.15) is 17.6 Å². The van der Waals surface area contributed by atoms with Gasteiger partial charge in [0, 0.05) is 11.6 Å². The number of carbonyl (C=O) groups is 1. The van der Waals surface area contributed by atoms with Crippen molar-refractivity contribution in [1.29, 1.82) is 5.26 Å². The second kappa shape index (κ2) is 9.71. The van der Waals surface area contributed by atoms with Gasteiger partial charge in [0.25, 0.3) is 5.56 Å². The number of rotatable bonds is 6. The highest BCUT2D eigenvalue weighted by Gasteiger charge is 2.16. The quantitative estimate of drug-likeness (QED) is 0.568. The van der Waals surface area contributed by atoms with Gasteiger partial charge in [0.2, 0.25) is 11.6 Å². The summed E-state index contributed by atoms with van der Waals surface area (Å²) < 4.78 is 6.95. The van der Waals surface area contributed by atoms with Crippen molar-refractivity contribution in [1.82, 2.24) is 14.8 Å². The summed E-state index contributed by atoms with van der Waals surface area (Å²) in [6, 6.07) is 10.0. The summed E-state index contributed by atoms with van der Waals surface area (Å²) in [7, 11) is 0. The molecule has 0 saturated carbocycles. The summed E-state index contributed by atoms with van der Waals surface area (Å²) in [4.78, 5) is 37.9. The number of hydrogen-bond acceptors (Lipinski definition) is 6. The van der Waals surface area contributed by atoms with E-state index in [0.717, 1.165) is 10.2 Å². The van der Waals surface area contributed by atoms with Gasteiger partial charge >= 0.3 is 5.69 Å². The van der Waals surface area contributed by atoms with Crippen LogP contribution in [0.4, 0.5) is 5.69 Å². The number of amides is 1. The average Bonchev–Trinajstić information content (AvgIpc) is 2.76. The molecular weight excluding hydrogens is 446 g/mol. The first-order valence-electron chi connectivity index (χ1n) is 10.2. The highest BCUT2D eigenvalue weighted by molar-refractivity contribution is 6.32. The van der Waals surface area contributed by atoms with Crippen LogP contribution in [-0.2, 0) is 11.2 Å². The van der Waals surface area contributed by atoms with Crippen LogP contribution in [0.3, 0.4) is 0 Å². The van der Waals surface area contributed by atoms with Gasteiger partial charge in [-0.05, 0) is 54.8 Å². The highest BCUT2D eigenvalue weighted by atomic mass is 35.5. The molecule has 1 amide bonds. The summed E-state index contributed by atoms with van der Waals surface area (Å²) in [5, 5.41) is 15.9. The predicted octanol–water partition coefficient (Wildman–Crippen LogP) is 3.70.